The molecule has 1 rings (SSSR count). The number of rotatable bonds is 1. The fraction of sp³-hybridized carbons (Fsp3) is 0.444. The summed E-state index contributed by atoms with van der Waals surface area (Å²) in [5, 5.41) is 1.09. The smallest absolute Gasteiger partial charge is 0.0998 e. The van der Waals surface area contributed by atoms with Gasteiger partial charge in [0, 0.05) is 12.2 Å². The van der Waals surface area contributed by atoms with E-state index in [2.05, 4.69) is 29.5 Å². The molecule has 64 valence electrons. The highest BCUT2D eigenvalue weighted by molar-refractivity contribution is 7.80. The van der Waals surface area contributed by atoms with Crippen LogP contribution >= 0.6 is 24.0 Å². The Hall–Kier alpha value is -0.460. The lowest BCUT2D eigenvalue weighted by atomic mass is 10.4. The lowest BCUT2D eigenvalue weighted by molar-refractivity contribution is 1.19. The van der Waals surface area contributed by atoms with Crippen LogP contribution in [0, 0.1) is 25.7 Å². The van der Waals surface area contributed by atoms with Gasteiger partial charge in [-0.25, -0.2) is 4.98 Å². The van der Waals surface area contributed by atoms with Gasteiger partial charge >= 0.3 is 0 Å². The number of aryl methyl sites for hydroxylation is 2. The number of thiol groups is 1. The van der Waals surface area contributed by atoms with Gasteiger partial charge in [-0.2, -0.15) is 12.6 Å². The van der Waals surface area contributed by atoms with Gasteiger partial charge in [-0.05, 0) is 13.8 Å². The molecule has 0 amide bonds. The molecule has 0 N–H and O–H groups in total. The SMILES string of the molecule is Cc1nc(C)c(C#CCCS)s1. The van der Waals surface area contributed by atoms with Crippen LogP contribution in [0.3, 0.4) is 0 Å². The van der Waals surface area contributed by atoms with E-state index in [9.17, 15) is 0 Å². The first-order valence-corrected chi connectivity index (χ1v) is 5.22. The molecule has 0 aliphatic heterocycles. The van der Waals surface area contributed by atoms with Gasteiger partial charge in [-0.15, -0.1) is 11.3 Å². The first-order valence-electron chi connectivity index (χ1n) is 3.78. The molecule has 0 radical (unpaired) electrons. The predicted octanol–water partition coefficient (Wildman–Crippen LogP) is 2.43. The van der Waals surface area contributed by atoms with Crippen LogP contribution in [0.5, 0.6) is 0 Å². The first-order chi connectivity index (χ1) is 5.74. The minimum atomic E-state index is 0.823. The molecule has 12 heavy (non-hydrogen) atoms. The van der Waals surface area contributed by atoms with Gasteiger partial charge < -0.3 is 0 Å². The molecule has 0 unspecified atom stereocenters. The van der Waals surface area contributed by atoms with Gasteiger partial charge in [0.15, 0.2) is 0 Å². The fourth-order valence-corrected chi connectivity index (χ4v) is 1.75. The largest absolute Gasteiger partial charge is 0.246 e. The Morgan fingerprint density at radius 3 is 2.75 bits per heavy atom. The van der Waals surface area contributed by atoms with Crippen molar-refractivity contribution in [2.45, 2.75) is 20.3 Å². The fourth-order valence-electron chi connectivity index (χ4n) is 0.846. The summed E-state index contributed by atoms with van der Waals surface area (Å²) in [6, 6.07) is 0. The Morgan fingerprint density at radius 2 is 2.25 bits per heavy atom. The van der Waals surface area contributed by atoms with Gasteiger partial charge in [-0.3, -0.25) is 0 Å². The molecule has 1 aromatic rings. The summed E-state index contributed by atoms with van der Waals surface area (Å²) in [5.74, 6) is 6.96. The normalized spacial score (nSPS) is 9.25. The zero-order valence-electron chi connectivity index (χ0n) is 7.22. The van der Waals surface area contributed by atoms with Crippen molar-refractivity contribution < 1.29 is 0 Å². The average molecular weight is 197 g/mol. The van der Waals surface area contributed by atoms with Crippen LogP contribution in [0.15, 0.2) is 0 Å². The van der Waals surface area contributed by atoms with Crippen molar-refractivity contribution in [1.82, 2.24) is 4.98 Å². The molecule has 0 spiro atoms. The molecule has 0 aromatic carbocycles. The molecule has 1 nitrogen and oxygen atoms in total. The number of hydrogen-bond donors (Lipinski definition) is 1. The number of aromatic nitrogens is 1. The van der Waals surface area contributed by atoms with E-state index in [0.29, 0.717) is 0 Å². The summed E-state index contributed by atoms with van der Waals surface area (Å²) in [7, 11) is 0. The third kappa shape index (κ3) is 2.54. The third-order valence-electron chi connectivity index (χ3n) is 1.34. The van der Waals surface area contributed by atoms with Crippen molar-refractivity contribution in [2.24, 2.45) is 0 Å². The molecule has 0 saturated carbocycles. The molecule has 0 aliphatic rings. The quantitative estimate of drug-likeness (QED) is 0.539. The summed E-state index contributed by atoms with van der Waals surface area (Å²) < 4.78 is 0. The van der Waals surface area contributed by atoms with Gasteiger partial charge in [0.25, 0.3) is 0 Å². The Labute approximate surface area is 82.6 Å². The first kappa shape index (κ1) is 9.63. The summed E-state index contributed by atoms with van der Waals surface area (Å²) in [5.41, 5.74) is 1.05. The summed E-state index contributed by atoms with van der Waals surface area (Å²) >= 11 is 5.74. The van der Waals surface area contributed by atoms with Crippen molar-refractivity contribution in [3.8, 4) is 11.8 Å². The van der Waals surface area contributed by atoms with Crippen LogP contribution in [0.1, 0.15) is 22.0 Å². The maximum atomic E-state index is 4.29. The molecule has 0 saturated heterocycles. The zero-order valence-corrected chi connectivity index (χ0v) is 8.93. The van der Waals surface area contributed by atoms with Crippen LogP contribution in [0.25, 0.3) is 0 Å². The standard InChI is InChI=1S/C9H11NS2/c1-7-9(5-3-4-6-11)12-8(2)10-7/h11H,4,6H2,1-2H3. The monoisotopic (exact) mass is 197 g/mol. The van der Waals surface area contributed by atoms with Crippen molar-refractivity contribution in [2.75, 3.05) is 5.75 Å². The summed E-state index contributed by atoms with van der Waals surface area (Å²) in [6.07, 6.45) is 0.847. The second kappa shape index (κ2) is 4.54. The second-order valence-electron chi connectivity index (χ2n) is 2.42. The third-order valence-corrected chi connectivity index (χ3v) is 2.55. The molecule has 0 bridgehead atoms. The number of nitrogens with zero attached hydrogens (tertiary/aromatic N) is 1. The molecule has 3 heteroatoms. The predicted molar refractivity (Wildman–Crippen MR) is 56.9 cm³/mol. The Bertz CT molecular complexity index is 317. The van der Waals surface area contributed by atoms with Crippen molar-refractivity contribution >= 4 is 24.0 Å². The minimum Gasteiger partial charge on any atom is -0.246 e. The highest BCUT2D eigenvalue weighted by Gasteiger charge is 1.99. The van der Waals surface area contributed by atoms with Crippen LogP contribution in [-0.2, 0) is 0 Å². The van der Waals surface area contributed by atoms with E-state index in [-0.39, 0.29) is 0 Å². The van der Waals surface area contributed by atoms with Gasteiger partial charge in [0.1, 0.15) is 0 Å². The van der Waals surface area contributed by atoms with E-state index in [0.717, 1.165) is 27.8 Å². The molecule has 1 aromatic heterocycles. The lowest BCUT2D eigenvalue weighted by Crippen LogP contribution is -1.75. The van der Waals surface area contributed by atoms with Crippen LogP contribution < -0.4 is 0 Å². The van der Waals surface area contributed by atoms with E-state index < -0.39 is 0 Å². The Morgan fingerprint density at radius 1 is 1.50 bits per heavy atom. The van der Waals surface area contributed by atoms with Gasteiger partial charge in [0.2, 0.25) is 0 Å². The summed E-state index contributed by atoms with van der Waals surface area (Å²) in [4.78, 5) is 5.38. The number of thiazole rings is 1. The molecular formula is C9H11NS2. The van der Waals surface area contributed by atoms with E-state index in [1.54, 1.807) is 11.3 Å². The van der Waals surface area contributed by atoms with Crippen molar-refractivity contribution in [1.29, 1.82) is 0 Å². The lowest BCUT2D eigenvalue weighted by Gasteiger charge is -1.81. The maximum absolute atomic E-state index is 4.29. The molecular weight excluding hydrogens is 186 g/mol. The molecule has 0 atom stereocenters. The maximum Gasteiger partial charge on any atom is 0.0998 e. The van der Waals surface area contributed by atoms with E-state index in [1.165, 1.54) is 0 Å². The zero-order chi connectivity index (χ0) is 8.97. The Balaban J connectivity index is 2.76. The van der Waals surface area contributed by atoms with E-state index in [1.807, 2.05) is 13.8 Å². The highest BCUT2D eigenvalue weighted by atomic mass is 32.1. The van der Waals surface area contributed by atoms with Crippen LogP contribution in [0.4, 0.5) is 0 Å². The molecule has 0 fully saturated rings. The van der Waals surface area contributed by atoms with Crippen LogP contribution in [-0.4, -0.2) is 10.7 Å². The van der Waals surface area contributed by atoms with Crippen molar-refractivity contribution in [3.05, 3.63) is 15.6 Å². The van der Waals surface area contributed by atoms with E-state index in [4.69, 9.17) is 0 Å². The average Bonchev–Trinajstić information content (AvgIpc) is 2.31. The highest BCUT2D eigenvalue weighted by Crippen LogP contribution is 2.15. The van der Waals surface area contributed by atoms with Crippen LogP contribution in [0.2, 0.25) is 0 Å². The molecule has 0 aliphatic carbocycles. The number of hydrogen-bond acceptors (Lipinski definition) is 3. The second-order valence-corrected chi connectivity index (χ2v) is 4.07. The molecule has 1 heterocycles. The van der Waals surface area contributed by atoms with Gasteiger partial charge in [0.05, 0.1) is 15.6 Å². The van der Waals surface area contributed by atoms with Gasteiger partial charge in [-0.1, -0.05) is 11.8 Å². The topological polar surface area (TPSA) is 12.9 Å². The minimum absolute atomic E-state index is 0.823. The Kier molecular flexibility index (Phi) is 3.64. The van der Waals surface area contributed by atoms with E-state index >= 15 is 0 Å². The summed E-state index contributed by atoms with van der Waals surface area (Å²) in [6.45, 7) is 4.00. The van der Waals surface area contributed by atoms with Crippen molar-refractivity contribution in [3.63, 3.8) is 0 Å².